The van der Waals surface area contributed by atoms with Gasteiger partial charge >= 0.3 is 0 Å². The van der Waals surface area contributed by atoms with Crippen LogP contribution in [0.5, 0.6) is 0 Å². The van der Waals surface area contributed by atoms with Crippen molar-refractivity contribution in [3.8, 4) is 0 Å². The molecule has 1 saturated heterocycles. The number of hydrogen-bond donors (Lipinski definition) is 1. The molecular weight excluding hydrogens is 404 g/mol. The molecule has 0 atom stereocenters. The van der Waals surface area contributed by atoms with Crippen molar-refractivity contribution >= 4 is 46.7 Å². The van der Waals surface area contributed by atoms with Gasteiger partial charge in [-0.1, -0.05) is 60.2 Å². The van der Waals surface area contributed by atoms with E-state index in [9.17, 15) is 14.4 Å². The molecule has 1 fully saturated rings. The normalized spacial score (nSPS) is 15.2. The smallest absolute Gasteiger partial charge is 0.293 e. The minimum Gasteiger partial charge on any atom is -0.354 e. The molecule has 0 saturated carbocycles. The van der Waals surface area contributed by atoms with Gasteiger partial charge in [-0.15, -0.1) is 11.8 Å². The van der Waals surface area contributed by atoms with Crippen molar-refractivity contribution in [3.63, 3.8) is 0 Å². The third-order valence-corrected chi connectivity index (χ3v) is 6.16. The molecule has 0 bridgehead atoms. The fraction of sp³-hybridized carbons (Fsp3) is 0.227. The van der Waals surface area contributed by atoms with Gasteiger partial charge in [-0.05, 0) is 35.9 Å². The van der Waals surface area contributed by atoms with E-state index in [0.717, 1.165) is 23.1 Å². The van der Waals surface area contributed by atoms with Crippen LogP contribution in [0.3, 0.4) is 0 Å². The Morgan fingerprint density at radius 1 is 1.10 bits per heavy atom. The first-order chi connectivity index (χ1) is 14.0. The van der Waals surface area contributed by atoms with Crippen LogP contribution in [0.4, 0.5) is 4.79 Å². The maximum atomic E-state index is 12.4. The van der Waals surface area contributed by atoms with Gasteiger partial charge in [0.05, 0.1) is 10.7 Å². The van der Waals surface area contributed by atoms with Crippen LogP contribution in [-0.2, 0) is 15.3 Å². The van der Waals surface area contributed by atoms with E-state index < -0.39 is 0 Å². The average molecular weight is 427 g/mol. The molecule has 0 aromatic heterocycles. The van der Waals surface area contributed by atoms with Gasteiger partial charge in [0.2, 0.25) is 5.91 Å². The van der Waals surface area contributed by atoms with Gasteiger partial charge in [-0.3, -0.25) is 19.3 Å². The number of carbonyl (C=O) groups is 3. The molecule has 1 heterocycles. The van der Waals surface area contributed by atoms with Crippen LogP contribution in [0.15, 0.2) is 59.5 Å². The highest BCUT2D eigenvalue weighted by Gasteiger charge is 2.34. The first kappa shape index (κ1) is 21.2. The van der Waals surface area contributed by atoms with Gasteiger partial charge in [-0.25, -0.2) is 0 Å². The number of amides is 3. The molecule has 2 aromatic carbocycles. The molecule has 3 rings (SSSR count). The molecule has 1 aliphatic rings. The zero-order valence-corrected chi connectivity index (χ0v) is 17.7. The summed E-state index contributed by atoms with van der Waals surface area (Å²) in [5, 5.41) is 2.47. The molecule has 1 N–H and O–H groups in total. The Kier molecular flexibility index (Phi) is 7.55. The molecule has 1 aliphatic heterocycles. The Morgan fingerprint density at radius 3 is 2.55 bits per heavy atom. The zero-order chi connectivity index (χ0) is 20.6. The van der Waals surface area contributed by atoms with Gasteiger partial charge in [0, 0.05) is 18.8 Å². The van der Waals surface area contributed by atoms with Crippen LogP contribution >= 0.6 is 23.5 Å². The molecule has 5 nitrogen and oxygen atoms in total. The van der Waals surface area contributed by atoms with E-state index in [1.165, 1.54) is 27.8 Å². The summed E-state index contributed by atoms with van der Waals surface area (Å²) in [5.74, 6) is 0.686. The van der Waals surface area contributed by atoms with Gasteiger partial charge in [0.1, 0.15) is 0 Å². The lowest BCUT2D eigenvalue weighted by Crippen LogP contribution is -2.37. The first-order valence-corrected chi connectivity index (χ1v) is 11.2. The highest BCUT2D eigenvalue weighted by Crippen LogP contribution is 2.31. The molecule has 3 amide bonds. The number of nitrogens with zero attached hydrogens (tertiary/aromatic N) is 1. The molecule has 0 unspecified atom stereocenters. The minimum absolute atomic E-state index is 0.103. The molecule has 7 heteroatoms. The Labute approximate surface area is 178 Å². The van der Waals surface area contributed by atoms with Gasteiger partial charge in [0.15, 0.2) is 0 Å². The Bertz CT molecular complexity index is 911. The highest BCUT2D eigenvalue weighted by molar-refractivity contribution is 8.18. The molecular formula is C22H22N2O3S2. The predicted molar refractivity (Wildman–Crippen MR) is 119 cm³/mol. The number of benzene rings is 2. The van der Waals surface area contributed by atoms with Crippen LogP contribution < -0.4 is 5.32 Å². The van der Waals surface area contributed by atoms with Crippen molar-refractivity contribution in [2.45, 2.75) is 12.7 Å². The van der Waals surface area contributed by atoms with E-state index in [2.05, 4.69) is 29.6 Å². The average Bonchev–Trinajstić information content (AvgIpc) is 2.97. The second kappa shape index (κ2) is 10.3. The maximum Gasteiger partial charge on any atom is 0.293 e. The predicted octanol–water partition coefficient (Wildman–Crippen LogP) is 4.08. The summed E-state index contributed by atoms with van der Waals surface area (Å²) in [4.78, 5) is 38.1. The fourth-order valence-electron chi connectivity index (χ4n) is 2.70. The van der Waals surface area contributed by atoms with Crippen LogP contribution in [0.1, 0.15) is 16.7 Å². The second-order valence-corrected chi connectivity index (χ2v) is 8.55. The van der Waals surface area contributed by atoms with E-state index in [4.69, 9.17) is 0 Å². The number of nitrogens with one attached hydrogen (secondary N) is 1. The minimum atomic E-state index is -0.313. The molecule has 2 aromatic rings. The highest BCUT2D eigenvalue weighted by atomic mass is 32.2. The maximum absolute atomic E-state index is 12.4. The zero-order valence-electron chi connectivity index (χ0n) is 16.1. The second-order valence-electron chi connectivity index (χ2n) is 6.57. The van der Waals surface area contributed by atoms with Crippen molar-refractivity contribution in [3.05, 3.63) is 76.2 Å². The standard InChI is InChI=1S/C22H22N2O3S2/c1-16-7-9-18(10-8-16)14-28-15-20(25)23-11-12-24-21(26)19(29-22(24)27)13-17-5-3-2-4-6-17/h2-10,13H,11-12,14-15H2,1H3,(H,23,25)/b19-13+. The van der Waals surface area contributed by atoms with E-state index >= 15 is 0 Å². The van der Waals surface area contributed by atoms with Crippen molar-refractivity contribution in [2.24, 2.45) is 0 Å². The van der Waals surface area contributed by atoms with Gasteiger partial charge < -0.3 is 5.32 Å². The summed E-state index contributed by atoms with van der Waals surface area (Å²) in [6.07, 6.45) is 1.71. The lowest BCUT2D eigenvalue weighted by Gasteiger charge is -2.13. The molecule has 0 radical (unpaired) electrons. The quantitative estimate of drug-likeness (QED) is 0.644. The van der Waals surface area contributed by atoms with E-state index in [1.807, 2.05) is 37.3 Å². The fourth-order valence-corrected chi connectivity index (χ4v) is 4.38. The number of hydrogen-bond acceptors (Lipinski definition) is 5. The lowest BCUT2D eigenvalue weighted by molar-refractivity contribution is -0.123. The van der Waals surface area contributed by atoms with Crippen LogP contribution in [0, 0.1) is 6.92 Å². The van der Waals surface area contributed by atoms with E-state index in [1.54, 1.807) is 6.08 Å². The monoisotopic (exact) mass is 426 g/mol. The van der Waals surface area contributed by atoms with Crippen LogP contribution in [0.2, 0.25) is 0 Å². The Balaban J connectivity index is 1.41. The molecule has 0 spiro atoms. The summed E-state index contributed by atoms with van der Waals surface area (Å²) in [6, 6.07) is 17.6. The largest absolute Gasteiger partial charge is 0.354 e. The number of thioether (sulfide) groups is 2. The topological polar surface area (TPSA) is 66.5 Å². The van der Waals surface area contributed by atoms with Crippen molar-refractivity contribution in [1.29, 1.82) is 0 Å². The Hall–Kier alpha value is -2.51. The number of carbonyl (C=O) groups excluding carboxylic acids is 3. The number of aryl methyl sites for hydroxylation is 1. The summed E-state index contributed by atoms with van der Waals surface area (Å²) < 4.78 is 0. The summed E-state index contributed by atoms with van der Waals surface area (Å²) in [7, 11) is 0. The van der Waals surface area contributed by atoms with E-state index in [-0.39, 0.29) is 30.1 Å². The SMILES string of the molecule is Cc1ccc(CSCC(=O)NCCN2C(=O)S/C(=C/c3ccccc3)C2=O)cc1. The molecule has 0 aliphatic carbocycles. The van der Waals surface area contributed by atoms with Gasteiger partial charge in [-0.2, -0.15) is 0 Å². The summed E-state index contributed by atoms with van der Waals surface area (Å²) in [6.45, 7) is 2.46. The van der Waals surface area contributed by atoms with Crippen molar-refractivity contribution < 1.29 is 14.4 Å². The summed E-state index contributed by atoms with van der Waals surface area (Å²) in [5.41, 5.74) is 3.26. The number of rotatable bonds is 8. The van der Waals surface area contributed by atoms with Crippen LogP contribution in [-0.4, -0.2) is 40.8 Å². The van der Waals surface area contributed by atoms with Crippen molar-refractivity contribution in [1.82, 2.24) is 10.2 Å². The van der Waals surface area contributed by atoms with Crippen molar-refractivity contribution in [2.75, 3.05) is 18.8 Å². The third kappa shape index (κ3) is 6.24. The summed E-state index contributed by atoms with van der Waals surface area (Å²) >= 11 is 2.46. The number of imide groups is 1. The molecule has 150 valence electrons. The molecule has 29 heavy (non-hydrogen) atoms. The lowest BCUT2D eigenvalue weighted by atomic mass is 10.2. The van der Waals surface area contributed by atoms with E-state index in [0.29, 0.717) is 10.7 Å². The third-order valence-electron chi connectivity index (χ3n) is 4.25. The first-order valence-electron chi connectivity index (χ1n) is 9.23. The van der Waals surface area contributed by atoms with Gasteiger partial charge in [0.25, 0.3) is 11.1 Å². The Morgan fingerprint density at radius 2 is 1.83 bits per heavy atom. The van der Waals surface area contributed by atoms with Crippen LogP contribution in [0.25, 0.3) is 6.08 Å².